The summed E-state index contributed by atoms with van der Waals surface area (Å²) in [6.07, 6.45) is 1.56. The molecule has 5 rings (SSSR count). The van der Waals surface area contributed by atoms with Crippen LogP contribution in [0.3, 0.4) is 0 Å². The molecule has 0 spiro atoms. The van der Waals surface area contributed by atoms with Gasteiger partial charge in [0.2, 0.25) is 0 Å². The van der Waals surface area contributed by atoms with E-state index in [4.69, 9.17) is 10.1 Å². The van der Waals surface area contributed by atoms with Crippen LogP contribution in [0.2, 0.25) is 0 Å². The highest BCUT2D eigenvalue weighted by Gasteiger charge is 2.18. The van der Waals surface area contributed by atoms with Gasteiger partial charge in [0.1, 0.15) is 11.3 Å². The fourth-order valence-electron chi connectivity index (χ4n) is 4.58. The Hall–Kier alpha value is -3.23. The number of aromatic nitrogens is 6. The summed E-state index contributed by atoms with van der Waals surface area (Å²) in [7, 11) is 0. The molecule has 2 aromatic carbocycles. The third-order valence-corrected chi connectivity index (χ3v) is 6.59. The number of fused-ring (bicyclic) bond motifs is 4. The Kier molecular flexibility index (Phi) is 6.72. The fourth-order valence-corrected chi connectivity index (χ4v) is 4.58. The topological polar surface area (TPSA) is 95.2 Å². The van der Waals surface area contributed by atoms with E-state index in [-0.39, 0.29) is 18.2 Å². The van der Waals surface area contributed by atoms with Gasteiger partial charge in [-0.2, -0.15) is 14.6 Å². The van der Waals surface area contributed by atoms with Crippen molar-refractivity contribution in [2.75, 3.05) is 19.6 Å². The Labute approximate surface area is 204 Å². The maximum absolute atomic E-state index is 9.56. The zero-order valence-electron chi connectivity index (χ0n) is 20.0. The highest BCUT2D eigenvalue weighted by molar-refractivity contribution is 6.07. The molecule has 9 heteroatoms. The van der Waals surface area contributed by atoms with Gasteiger partial charge in [0, 0.05) is 18.4 Å². The molecular formula is C25H30ClN7O. The molecule has 0 fully saturated rings. The van der Waals surface area contributed by atoms with E-state index < -0.39 is 0 Å². The molecule has 178 valence electrons. The zero-order chi connectivity index (χ0) is 23.1. The summed E-state index contributed by atoms with van der Waals surface area (Å²) in [6.45, 7) is 11.9. The lowest BCUT2D eigenvalue weighted by Crippen LogP contribution is -2.25. The molecule has 0 aliphatic carbocycles. The number of nitrogens with zero attached hydrogens (tertiary/aromatic N) is 6. The summed E-state index contributed by atoms with van der Waals surface area (Å²) in [5, 5.41) is 24.2. The van der Waals surface area contributed by atoms with Gasteiger partial charge in [0.15, 0.2) is 11.5 Å². The van der Waals surface area contributed by atoms with Gasteiger partial charge in [-0.3, -0.25) is 0 Å². The summed E-state index contributed by atoms with van der Waals surface area (Å²) in [5.74, 6) is 1.43. The quantitative estimate of drug-likeness (QED) is 0.360. The molecule has 8 nitrogen and oxygen atoms in total. The van der Waals surface area contributed by atoms with Crippen molar-refractivity contribution < 1.29 is 5.11 Å². The molecule has 0 radical (unpaired) electrons. The number of H-pyrrole nitrogens is 1. The highest BCUT2D eigenvalue weighted by atomic mass is 35.5. The molecule has 0 atom stereocenters. The predicted octanol–water partition coefficient (Wildman–Crippen LogP) is 4.37. The number of hydrogen-bond acceptors (Lipinski definition) is 6. The number of likely N-dealkylation sites (N-methyl/N-ethyl adjacent to an activating group) is 1. The molecule has 0 aliphatic heterocycles. The smallest absolute Gasteiger partial charge is 0.273 e. The second kappa shape index (κ2) is 9.56. The number of phenols is 1. The van der Waals surface area contributed by atoms with E-state index in [2.05, 4.69) is 53.8 Å². The molecule has 0 unspecified atom stereocenters. The molecule has 2 N–H and O–H groups in total. The van der Waals surface area contributed by atoms with E-state index in [1.807, 2.05) is 12.1 Å². The first-order valence-corrected chi connectivity index (χ1v) is 11.5. The van der Waals surface area contributed by atoms with E-state index in [0.29, 0.717) is 18.0 Å². The monoisotopic (exact) mass is 479 g/mol. The van der Waals surface area contributed by atoms with Crippen LogP contribution in [0.4, 0.5) is 0 Å². The third-order valence-electron chi connectivity index (χ3n) is 6.59. The molecule has 0 aliphatic rings. The van der Waals surface area contributed by atoms with Gasteiger partial charge < -0.3 is 15.0 Å². The molecule has 5 aromatic rings. The van der Waals surface area contributed by atoms with Gasteiger partial charge in [-0.05, 0) is 67.7 Å². The average molecular weight is 480 g/mol. The number of aromatic hydroxyl groups is 1. The van der Waals surface area contributed by atoms with Crippen molar-refractivity contribution in [3.05, 3.63) is 58.4 Å². The Morgan fingerprint density at radius 3 is 2.50 bits per heavy atom. The molecule has 0 saturated carbocycles. The average Bonchev–Trinajstić information content (AvgIpc) is 3.39. The number of nitrogens with one attached hydrogen (secondary N) is 1. The first-order valence-electron chi connectivity index (χ1n) is 11.5. The maximum Gasteiger partial charge on any atom is 0.273 e. The van der Waals surface area contributed by atoms with Crippen molar-refractivity contribution in [2.24, 2.45) is 0 Å². The number of benzene rings is 2. The molecular weight excluding hydrogens is 450 g/mol. The third kappa shape index (κ3) is 4.19. The molecule has 0 saturated heterocycles. The van der Waals surface area contributed by atoms with Crippen molar-refractivity contribution in [2.45, 2.75) is 40.5 Å². The van der Waals surface area contributed by atoms with Crippen molar-refractivity contribution in [1.82, 2.24) is 34.7 Å². The molecule has 0 bridgehead atoms. The van der Waals surface area contributed by atoms with Gasteiger partial charge in [0.25, 0.3) is 5.78 Å². The number of aromatic amines is 1. The number of aryl methyl sites for hydroxylation is 2. The van der Waals surface area contributed by atoms with E-state index >= 15 is 0 Å². The summed E-state index contributed by atoms with van der Waals surface area (Å²) in [4.78, 5) is 10.6. The standard InChI is InChI=1S/C25H29N7O.ClH/c1-5-31(6-2)12-11-18-13-15(3)22-21(16(18)4)23-24(26-22)27-25-29-28-20(32(25)30-23)14-17-7-9-19(33)10-8-17;/h7-10,13,33H,5-6,11-12,14H2,1-4H3,(H,26,27,29);1H. The summed E-state index contributed by atoms with van der Waals surface area (Å²) >= 11 is 0. The van der Waals surface area contributed by atoms with Crippen LogP contribution in [-0.4, -0.2) is 59.4 Å². The summed E-state index contributed by atoms with van der Waals surface area (Å²) < 4.78 is 1.74. The van der Waals surface area contributed by atoms with Crippen LogP contribution in [-0.2, 0) is 12.8 Å². The van der Waals surface area contributed by atoms with Gasteiger partial charge in [-0.25, -0.2) is 0 Å². The SMILES string of the molecule is CCN(CC)CCc1cc(C)c2[nH]c3nc4nnc(Cc5ccc(O)cc5)n4nc3c2c1C.Cl. The lowest BCUT2D eigenvalue weighted by molar-refractivity contribution is 0.308. The van der Waals surface area contributed by atoms with Gasteiger partial charge in [0.05, 0.1) is 5.52 Å². The summed E-state index contributed by atoms with van der Waals surface area (Å²) in [6, 6.07) is 9.40. The molecule has 3 aromatic heterocycles. The minimum atomic E-state index is 0. The van der Waals surface area contributed by atoms with Crippen molar-refractivity contribution in [3.63, 3.8) is 0 Å². The van der Waals surface area contributed by atoms with Crippen LogP contribution in [0.25, 0.3) is 27.8 Å². The number of hydrogen-bond donors (Lipinski definition) is 2. The predicted molar refractivity (Wildman–Crippen MR) is 137 cm³/mol. The summed E-state index contributed by atoms with van der Waals surface area (Å²) in [5.41, 5.74) is 7.47. The Bertz CT molecular complexity index is 1450. The van der Waals surface area contributed by atoms with E-state index in [1.54, 1.807) is 16.6 Å². The van der Waals surface area contributed by atoms with Crippen molar-refractivity contribution >= 4 is 40.3 Å². The lowest BCUT2D eigenvalue weighted by atomic mass is 9.98. The first-order chi connectivity index (χ1) is 16.0. The number of rotatable bonds is 7. The normalized spacial score (nSPS) is 11.7. The van der Waals surface area contributed by atoms with Crippen LogP contribution in [0.5, 0.6) is 5.75 Å². The molecule has 34 heavy (non-hydrogen) atoms. The zero-order valence-corrected chi connectivity index (χ0v) is 20.8. The van der Waals surface area contributed by atoms with E-state index in [0.717, 1.165) is 53.7 Å². The minimum Gasteiger partial charge on any atom is -0.508 e. The Morgan fingerprint density at radius 1 is 1.06 bits per heavy atom. The maximum atomic E-state index is 9.56. The lowest BCUT2D eigenvalue weighted by Gasteiger charge is -2.19. The van der Waals surface area contributed by atoms with Crippen LogP contribution >= 0.6 is 12.4 Å². The Morgan fingerprint density at radius 2 is 1.79 bits per heavy atom. The van der Waals surface area contributed by atoms with Crippen LogP contribution in [0.1, 0.15) is 41.9 Å². The highest BCUT2D eigenvalue weighted by Crippen LogP contribution is 2.31. The molecule has 3 heterocycles. The van der Waals surface area contributed by atoms with Gasteiger partial charge in [-0.15, -0.1) is 22.6 Å². The van der Waals surface area contributed by atoms with Gasteiger partial charge >= 0.3 is 0 Å². The van der Waals surface area contributed by atoms with Crippen LogP contribution in [0, 0.1) is 13.8 Å². The van der Waals surface area contributed by atoms with E-state index in [1.165, 1.54) is 16.7 Å². The second-order valence-corrected chi connectivity index (χ2v) is 8.61. The second-order valence-electron chi connectivity index (χ2n) is 8.61. The number of halogens is 1. The van der Waals surface area contributed by atoms with Crippen LogP contribution < -0.4 is 0 Å². The fraction of sp³-hybridized carbons (Fsp3) is 0.360. The molecule has 0 amide bonds. The van der Waals surface area contributed by atoms with Crippen molar-refractivity contribution in [3.8, 4) is 5.75 Å². The first kappa shape index (κ1) is 23.9. The number of phenolic OH excluding ortho intramolecular Hbond substituents is 1. The van der Waals surface area contributed by atoms with E-state index in [9.17, 15) is 5.11 Å². The van der Waals surface area contributed by atoms with Crippen LogP contribution in [0.15, 0.2) is 30.3 Å². The Balaban J connectivity index is 0.00000274. The minimum absolute atomic E-state index is 0. The van der Waals surface area contributed by atoms with Crippen molar-refractivity contribution in [1.29, 1.82) is 0 Å². The largest absolute Gasteiger partial charge is 0.508 e. The van der Waals surface area contributed by atoms with Gasteiger partial charge in [-0.1, -0.05) is 32.0 Å².